The van der Waals surface area contributed by atoms with Crippen molar-refractivity contribution in [2.24, 2.45) is 0 Å². The molecule has 2 atom stereocenters. The number of benzene rings is 3. The maximum Gasteiger partial charge on any atom is 0.141 e. The van der Waals surface area contributed by atoms with Crippen LogP contribution in [0.5, 0.6) is 0 Å². The number of hydrogen-bond acceptors (Lipinski definition) is 3. The zero-order valence-electron chi connectivity index (χ0n) is 18.7. The Hall–Kier alpha value is -4.42. The van der Waals surface area contributed by atoms with E-state index in [1.807, 2.05) is 12.1 Å². The fourth-order valence-corrected chi connectivity index (χ4v) is 5.10. The van der Waals surface area contributed by atoms with E-state index in [4.69, 9.17) is 5.26 Å². The average molecular weight is 438 g/mol. The van der Waals surface area contributed by atoms with Crippen molar-refractivity contribution in [3.8, 4) is 28.5 Å². The Morgan fingerprint density at radius 2 is 1.56 bits per heavy atom. The summed E-state index contributed by atoms with van der Waals surface area (Å²) in [4.78, 5) is 6.93. The second-order valence-corrected chi connectivity index (χ2v) is 8.77. The Bertz CT molecular complexity index is 1460. The number of anilines is 1. The molecule has 4 aromatic rings. The molecule has 0 saturated carbocycles. The van der Waals surface area contributed by atoms with Gasteiger partial charge in [-0.2, -0.15) is 5.26 Å². The van der Waals surface area contributed by atoms with E-state index < -0.39 is 0 Å². The smallest absolute Gasteiger partial charge is 0.141 e. The van der Waals surface area contributed by atoms with Crippen LogP contribution in [0.2, 0.25) is 0 Å². The predicted molar refractivity (Wildman–Crippen MR) is 137 cm³/mol. The van der Waals surface area contributed by atoms with Crippen LogP contribution >= 0.6 is 0 Å². The van der Waals surface area contributed by atoms with Crippen molar-refractivity contribution in [3.05, 3.63) is 132 Å². The number of para-hydroxylation sites is 1. The highest BCUT2D eigenvalue weighted by Gasteiger charge is 2.35. The zero-order valence-corrected chi connectivity index (χ0v) is 18.7. The summed E-state index contributed by atoms with van der Waals surface area (Å²) in [5, 5.41) is 9.13. The van der Waals surface area contributed by atoms with Gasteiger partial charge in [0.1, 0.15) is 11.8 Å². The molecular weight excluding hydrogens is 414 g/mol. The van der Waals surface area contributed by atoms with Crippen LogP contribution in [0.3, 0.4) is 0 Å². The van der Waals surface area contributed by atoms with E-state index in [0.29, 0.717) is 17.7 Å². The van der Waals surface area contributed by atoms with Gasteiger partial charge in [-0.3, -0.25) is 0 Å². The topological polar surface area (TPSA) is 39.9 Å². The molecule has 2 unspecified atom stereocenters. The van der Waals surface area contributed by atoms with Gasteiger partial charge in [-0.15, -0.1) is 0 Å². The second kappa shape index (κ2) is 8.50. The first-order valence-electron chi connectivity index (χ1n) is 11.6. The Balaban J connectivity index is 1.27. The predicted octanol–water partition coefficient (Wildman–Crippen LogP) is 6.89. The lowest BCUT2D eigenvalue weighted by molar-refractivity contribution is 0.672. The van der Waals surface area contributed by atoms with E-state index in [1.165, 1.54) is 27.9 Å². The minimum Gasteiger partial charge on any atom is -0.360 e. The van der Waals surface area contributed by atoms with E-state index in [0.717, 1.165) is 17.8 Å². The van der Waals surface area contributed by atoms with Crippen molar-refractivity contribution in [1.82, 2.24) is 4.98 Å². The minimum atomic E-state index is 0.363. The van der Waals surface area contributed by atoms with Crippen LogP contribution in [0.25, 0.3) is 22.4 Å². The van der Waals surface area contributed by atoms with Gasteiger partial charge in [0.15, 0.2) is 0 Å². The molecule has 0 saturated heterocycles. The molecule has 0 amide bonds. The molecule has 3 nitrogen and oxygen atoms in total. The van der Waals surface area contributed by atoms with Crippen LogP contribution in [0.4, 0.5) is 5.69 Å². The molecule has 1 aliphatic carbocycles. The maximum absolute atomic E-state index is 9.13. The molecule has 0 spiro atoms. The molecule has 1 aliphatic heterocycles. The lowest BCUT2D eigenvalue weighted by atomic mass is 9.91. The molecule has 3 heteroatoms. The van der Waals surface area contributed by atoms with Gasteiger partial charge in [-0.25, -0.2) is 4.98 Å². The summed E-state index contributed by atoms with van der Waals surface area (Å²) >= 11 is 0. The largest absolute Gasteiger partial charge is 0.360 e. The fourth-order valence-electron chi connectivity index (χ4n) is 5.10. The Morgan fingerprint density at radius 3 is 2.44 bits per heavy atom. The number of fused-ring (bicyclic) bond motifs is 3. The van der Waals surface area contributed by atoms with Crippen LogP contribution in [-0.2, 0) is 6.54 Å². The highest BCUT2D eigenvalue weighted by atomic mass is 15.2. The van der Waals surface area contributed by atoms with Crippen LogP contribution in [0.1, 0.15) is 22.7 Å². The lowest BCUT2D eigenvalue weighted by Crippen LogP contribution is -2.32. The van der Waals surface area contributed by atoms with Crippen molar-refractivity contribution in [2.75, 3.05) is 4.90 Å². The zero-order chi connectivity index (χ0) is 22.9. The Labute approximate surface area is 200 Å². The van der Waals surface area contributed by atoms with E-state index >= 15 is 0 Å². The van der Waals surface area contributed by atoms with Crippen LogP contribution in [0.15, 0.2) is 115 Å². The number of nitriles is 1. The first-order valence-corrected chi connectivity index (χ1v) is 11.6. The van der Waals surface area contributed by atoms with Gasteiger partial charge in [0.05, 0.1) is 11.7 Å². The van der Waals surface area contributed by atoms with E-state index in [1.54, 1.807) is 6.07 Å². The summed E-state index contributed by atoms with van der Waals surface area (Å²) in [6.45, 7) is 0.868. The van der Waals surface area contributed by atoms with Crippen LogP contribution in [-0.4, -0.2) is 11.0 Å². The van der Waals surface area contributed by atoms with Crippen molar-refractivity contribution in [1.29, 1.82) is 5.26 Å². The number of aromatic nitrogens is 1. The summed E-state index contributed by atoms with van der Waals surface area (Å²) in [6.07, 6.45) is 8.97. The number of rotatable bonds is 4. The normalized spacial score (nSPS) is 17.8. The van der Waals surface area contributed by atoms with Gasteiger partial charge in [-0.05, 0) is 46.5 Å². The highest BCUT2D eigenvalue weighted by molar-refractivity contribution is 5.70. The number of nitrogens with zero attached hydrogens (tertiary/aromatic N) is 3. The van der Waals surface area contributed by atoms with E-state index in [2.05, 4.69) is 113 Å². The van der Waals surface area contributed by atoms with Gasteiger partial charge in [0.25, 0.3) is 0 Å². The highest BCUT2D eigenvalue weighted by Crippen LogP contribution is 2.44. The maximum atomic E-state index is 9.13. The first kappa shape index (κ1) is 20.2. The third-order valence-corrected chi connectivity index (χ3v) is 6.73. The van der Waals surface area contributed by atoms with Crippen molar-refractivity contribution in [3.63, 3.8) is 0 Å². The van der Waals surface area contributed by atoms with E-state index in [-0.39, 0.29) is 0 Å². The van der Waals surface area contributed by atoms with Gasteiger partial charge in [-0.1, -0.05) is 91.0 Å². The third-order valence-electron chi connectivity index (χ3n) is 6.73. The molecule has 0 radical (unpaired) electrons. The van der Waals surface area contributed by atoms with Gasteiger partial charge >= 0.3 is 0 Å². The van der Waals surface area contributed by atoms with Crippen LogP contribution in [0, 0.1) is 11.3 Å². The quantitative estimate of drug-likeness (QED) is 0.349. The summed E-state index contributed by atoms with van der Waals surface area (Å²) in [5.74, 6) is 0.421. The fraction of sp³-hybridized carbons (Fsp3) is 0.0968. The Morgan fingerprint density at radius 1 is 0.765 bits per heavy atom. The molecule has 2 heterocycles. The Kier molecular flexibility index (Phi) is 5.05. The molecule has 2 aliphatic rings. The number of allylic oxidation sites excluding steroid dienone is 2. The van der Waals surface area contributed by atoms with Crippen molar-refractivity contribution < 1.29 is 0 Å². The average Bonchev–Trinajstić information content (AvgIpc) is 3.23. The number of pyridine rings is 1. The molecule has 0 bridgehead atoms. The first-order chi connectivity index (χ1) is 16.8. The molecule has 6 rings (SSSR count). The summed E-state index contributed by atoms with van der Waals surface area (Å²) in [7, 11) is 0. The second-order valence-electron chi connectivity index (χ2n) is 8.77. The van der Waals surface area contributed by atoms with E-state index in [9.17, 15) is 0 Å². The number of hydrogen-bond donors (Lipinski definition) is 0. The molecule has 0 fully saturated rings. The summed E-state index contributed by atoms with van der Waals surface area (Å²) in [6, 6.07) is 34.0. The lowest BCUT2D eigenvalue weighted by Gasteiger charge is -2.28. The van der Waals surface area contributed by atoms with Gasteiger partial charge < -0.3 is 4.90 Å². The monoisotopic (exact) mass is 437 g/mol. The minimum absolute atomic E-state index is 0.363. The van der Waals surface area contributed by atoms with Crippen LogP contribution < -0.4 is 4.90 Å². The molecule has 0 N–H and O–H groups in total. The molecule has 3 aromatic carbocycles. The SMILES string of the molecule is N#Cc1cccc(-c2ccc(-c3cccc(CN4c5ccccc5C5C=CC=CC54)c3)cc2)n1. The summed E-state index contributed by atoms with van der Waals surface area (Å²) < 4.78 is 0. The molecule has 1 aromatic heterocycles. The van der Waals surface area contributed by atoms with Crippen molar-refractivity contribution >= 4 is 5.69 Å². The molecular formula is C31H23N3. The summed E-state index contributed by atoms with van der Waals surface area (Å²) in [5.41, 5.74) is 8.66. The van der Waals surface area contributed by atoms with Crippen molar-refractivity contribution in [2.45, 2.75) is 18.5 Å². The van der Waals surface area contributed by atoms with Gasteiger partial charge in [0.2, 0.25) is 0 Å². The van der Waals surface area contributed by atoms with Gasteiger partial charge in [0, 0.05) is 23.7 Å². The third kappa shape index (κ3) is 3.60. The standard InChI is InChI=1S/C31H23N3/c32-20-26-9-6-12-29(33-26)24-17-15-23(16-18-24)25-8-5-7-22(19-25)21-34-30-13-3-1-10-27(30)28-11-2-4-14-31(28)34/h1-19,27,30H,21H2. The molecule has 34 heavy (non-hydrogen) atoms. The molecule has 162 valence electrons.